The molecule has 80 valence electrons. The molecule has 0 saturated carbocycles. The molecule has 0 spiro atoms. The molecule has 1 N–H and O–H groups in total. The van der Waals surface area contributed by atoms with Crippen LogP contribution < -0.4 is 5.32 Å². The molecular weight excluding hydrogens is 229 g/mol. The molecule has 0 aromatic heterocycles. The van der Waals surface area contributed by atoms with E-state index in [1.807, 2.05) is 12.1 Å². The van der Waals surface area contributed by atoms with Gasteiger partial charge in [-0.15, -0.1) is 0 Å². The molecule has 1 aromatic carbocycles. The van der Waals surface area contributed by atoms with Gasteiger partial charge in [0.2, 0.25) is 0 Å². The fourth-order valence-corrected chi connectivity index (χ4v) is 2.28. The van der Waals surface area contributed by atoms with Crippen LogP contribution in [-0.4, -0.2) is 6.54 Å². The minimum Gasteiger partial charge on any atom is -0.305 e. The molecule has 1 atom stereocenters. The van der Waals surface area contributed by atoms with Crippen molar-refractivity contribution in [2.24, 2.45) is 0 Å². The summed E-state index contributed by atoms with van der Waals surface area (Å²) in [6.07, 6.45) is 2.22. The first-order chi connectivity index (χ1) is 7.16. The lowest BCUT2D eigenvalue weighted by molar-refractivity contribution is 0.562. The molecule has 0 amide bonds. The van der Waals surface area contributed by atoms with E-state index < -0.39 is 0 Å². The van der Waals surface area contributed by atoms with Crippen molar-refractivity contribution in [3.63, 3.8) is 0 Å². The monoisotopic (exact) mass is 241 g/mol. The van der Waals surface area contributed by atoms with Crippen LogP contribution in [0.1, 0.15) is 23.6 Å². The lowest BCUT2D eigenvalue weighted by Gasteiger charge is -2.13. The first-order valence-electron chi connectivity index (χ1n) is 5.02. The van der Waals surface area contributed by atoms with Crippen molar-refractivity contribution >= 4 is 23.2 Å². The van der Waals surface area contributed by atoms with Gasteiger partial charge in [-0.3, -0.25) is 0 Å². The van der Waals surface area contributed by atoms with Gasteiger partial charge in [-0.2, -0.15) is 0 Å². The summed E-state index contributed by atoms with van der Waals surface area (Å²) in [6.45, 7) is 4.32. The van der Waals surface area contributed by atoms with Gasteiger partial charge in [0.15, 0.2) is 0 Å². The first-order valence-corrected chi connectivity index (χ1v) is 5.77. The highest BCUT2D eigenvalue weighted by atomic mass is 35.5. The van der Waals surface area contributed by atoms with E-state index in [0.717, 1.165) is 17.9 Å². The average Bonchev–Trinajstić information content (AvgIpc) is 2.57. The van der Waals surface area contributed by atoms with E-state index in [2.05, 4.69) is 18.0 Å². The number of nitrogens with one attached hydrogen (secondary N) is 1. The number of aryl methyl sites for hydroxylation is 1. The van der Waals surface area contributed by atoms with Gasteiger partial charge >= 0.3 is 0 Å². The lowest BCUT2D eigenvalue weighted by Crippen LogP contribution is -2.20. The molecule has 1 unspecified atom stereocenters. The molecule has 3 heteroatoms. The third kappa shape index (κ3) is 2.54. The zero-order valence-corrected chi connectivity index (χ0v) is 9.91. The number of halogens is 2. The second-order valence-electron chi connectivity index (χ2n) is 3.83. The van der Waals surface area contributed by atoms with E-state index >= 15 is 0 Å². The van der Waals surface area contributed by atoms with Gasteiger partial charge in [-0.1, -0.05) is 35.8 Å². The Balaban J connectivity index is 2.13. The minimum atomic E-state index is 0.370. The SMILES string of the molecule is C=C(Cl)CNC1CCc2ccc(Cl)cc21. The number of hydrogen-bond acceptors (Lipinski definition) is 1. The number of fused-ring (bicyclic) bond motifs is 1. The molecule has 15 heavy (non-hydrogen) atoms. The molecule has 0 heterocycles. The Morgan fingerprint density at radius 2 is 2.33 bits per heavy atom. The highest BCUT2D eigenvalue weighted by molar-refractivity contribution is 6.30. The summed E-state index contributed by atoms with van der Waals surface area (Å²) >= 11 is 11.7. The zero-order chi connectivity index (χ0) is 10.8. The molecule has 0 saturated heterocycles. The van der Waals surface area contributed by atoms with Crippen LogP contribution >= 0.6 is 23.2 Å². The normalized spacial score (nSPS) is 18.9. The van der Waals surface area contributed by atoms with Crippen molar-refractivity contribution < 1.29 is 0 Å². The van der Waals surface area contributed by atoms with Crippen LogP contribution in [0.3, 0.4) is 0 Å². The van der Waals surface area contributed by atoms with Crippen molar-refractivity contribution in [3.8, 4) is 0 Å². The highest BCUT2D eigenvalue weighted by Gasteiger charge is 2.21. The van der Waals surface area contributed by atoms with Gasteiger partial charge in [-0.05, 0) is 36.1 Å². The Morgan fingerprint density at radius 3 is 3.07 bits per heavy atom. The minimum absolute atomic E-state index is 0.370. The Bertz CT molecular complexity index is 387. The summed E-state index contributed by atoms with van der Waals surface area (Å²) in [5.41, 5.74) is 2.69. The van der Waals surface area contributed by atoms with Crippen LogP contribution in [0.15, 0.2) is 29.8 Å². The molecule has 2 rings (SSSR count). The van der Waals surface area contributed by atoms with Gasteiger partial charge in [0.05, 0.1) is 0 Å². The summed E-state index contributed by atoms with van der Waals surface area (Å²) in [5, 5.41) is 4.82. The van der Waals surface area contributed by atoms with Gasteiger partial charge in [-0.25, -0.2) is 0 Å². The van der Waals surface area contributed by atoms with E-state index in [1.165, 1.54) is 11.1 Å². The molecule has 1 aromatic rings. The quantitative estimate of drug-likeness (QED) is 0.852. The zero-order valence-electron chi connectivity index (χ0n) is 8.39. The van der Waals surface area contributed by atoms with Crippen LogP contribution in [0.2, 0.25) is 5.02 Å². The van der Waals surface area contributed by atoms with Crippen molar-refractivity contribution in [3.05, 3.63) is 46.0 Å². The molecule has 1 aliphatic rings. The van der Waals surface area contributed by atoms with E-state index in [1.54, 1.807) is 0 Å². The van der Waals surface area contributed by atoms with Crippen LogP contribution in [-0.2, 0) is 6.42 Å². The summed E-state index contributed by atoms with van der Waals surface area (Å²) in [7, 11) is 0. The highest BCUT2D eigenvalue weighted by Crippen LogP contribution is 2.32. The Labute approximate surface area is 100 Å². The topological polar surface area (TPSA) is 12.0 Å². The fourth-order valence-electron chi connectivity index (χ4n) is 2.02. The van der Waals surface area contributed by atoms with Crippen molar-refractivity contribution in [2.75, 3.05) is 6.54 Å². The predicted molar refractivity (Wildman–Crippen MR) is 65.5 cm³/mol. The van der Waals surface area contributed by atoms with E-state index in [9.17, 15) is 0 Å². The summed E-state index contributed by atoms with van der Waals surface area (Å²) < 4.78 is 0. The summed E-state index contributed by atoms with van der Waals surface area (Å²) in [6, 6.07) is 6.46. The van der Waals surface area contributed by atoms with E-state index in [0.29, 0.717) is 17.6 Å². The Kier molecular flexibility index (Phi) is 3.35. The van der Waals surface area contributed by atoms with Gasteiger partial charge < -0.3 is 5.32 Å². The predicted octanol–water partition coefficient (Wildman–Crippen LogP) is 3.67. The van der Waals surface area contributed by atoms with Gasteiger partial charge in [0, 0.05) is 22.6 Å². The number of rotatable bonds is 3. The van der Waals surface area contributed by atoms with Gasteiger partial charge in [0.25, 0.3) is 0 Å². The number of benzene rings is 1. The fraction of sp³-hybridized carbons (Fsp3) is 0.333. The molecule has 1 nitrogen and oxygen atoms in total. The van der Waals surface area contributed by atoms with Crippen molar-refractivity contribution in [1.82, 2.24) is 5.32 Å². The molecule has 0 bridgehead atoms. The maximum absolute atomic E-state index is 5.98. The second-order valence-corrected chi connectivity index (χ2v) is 4.80. The Hall–Kier alpha value is -0.500. The second kappa shape index (κ2) is 4.56. The van der Waals surface area contributed by atoms with E-state index in [-0.39, 0.29) is 0 Å². The maximum atomic E-state index is 5.98. The van der Waals surface area contributed by atoms with Crippen LogP contribution in [0.4, 0.5) is 0 Å². The lowest BCUT2D eigenvalue weighted by atomic mass is 10.1. The summed E-state index contributed by atoms with van der Waals surface area (Å²) in [4.78, 5) is 0. The molecule has 0 fully saturated rings. The molecular formula is C12H13Cl2N. The van der Waals surface area contributed by atoms with Gasteiger partial charge in [0.1, 0.15) is 0 Å². The van der Waals surface area contributed by atoms with Crippen LogP contribution in [0.25, 0.3) is 0 Å². The third-order valence-electron chi connectivity index (χ3n) is 2.73. The van der Waals surface area contributed by atoms with Crippen molar-refractivity contribution in [1.29, 1.82) is 0 Å². The molecule has 0 radical (unpaired) electrons. The standard InChI is InChI=1S/C12H13Cl2N/c1-8(13)7-15-12-5-3-9-2-4-10(14)6-11(9)12/h2,4,6,12,15H,1,3,5,7H2. The summed E-state index contributed by atoms with van der Waals surface area (Å²) in [5.74, 6) is 0. The Morgan fingerprint density at radius 1 is 1.53 bits per heavy atom. The number of hydrogen-bond donors (Lipinski definition) is 1. The average molecular weight is 242 g/mol. The van der Waals surface area contributed by atoms with E-state index in [4.69, 9.17) is 23.2 Å². The van der Waals surface area contributed by atoms with Crippen LogP contribution in [0.5, 0.6) is 0 Å². The molecule has 1 aliphatic carbocycles. The van der Waals surface area contributed by atoms with Crippen LogP contribution in [0, 0.1) is 0 Å². The largest absolute Gasteiger partial charge is 0.305 e. The smallest absolute Gasteiger partial charge is 0.0409 e. The van der Waals surface area contributed by atoms with Crippen molar-refractivity contribution in [2.45, 2.75) is 18.9 Å². The molecule has 0 aliphatic heterocycles. The first kappa shape index (κ1) is 11.0. The third-order valence-corrected chi connectivity index (χ3v) is 3.09. The maximum Gasteiger partial charge on any atom is 0.0409 e.